The molecule has 0 atom stereocenters. The van der Waals surface area contributed by atoms with Gasteiger partial charge in [-0.25, -0.2) is 14.7 Å². The summed E-state index contributed by atoms with van der Waals surface area (Å²) in [6, 6.07) is 15.3. The van der Waals surface area contributed by atoms with Crippen molar-refractivity contribution in [1.82, 2.24) is 10.3 Å². The Balaban J connectivity index is 1.56. The zero-order chi connectivity index (χ0) is 24.2. The van der Waals surface area contributed by atoms with Crippen LogP contribution >= 0.6 is 0 Å². The van der Waals surface area contributed by atoms with Crippen LogP contribution in [0.5, 0.6) is 11.6 Å². The maximum Gasteiger partial charge on any atom is 0.335 e. The fourth-order valence-corrected chi connectivity index (χ4v) is 3.36. The maximum absolute atomic E-state index is 13.1. The molecule has 170 valence electrons. The first-order valence-corrected chi connectivity index (χ1v) is 10.2. The molecule has 2 heterocycles. The third-order valence-corrected chi connectivity index (χ3v) is 5.06. The molecule has 0 spiro atoms. The number of nitrogens with one attached hydrogen (secondary N) is 1. The lowest BCUT2D eigenvalue weighted by Gasteiger charge is -2.27. The standard InChI is InChI=1S/C24H18N4O6/c1-2-16-5-3-4-6-20(16)27-23(30)19(22(29)26-24(27)31)13-15-7-10-18(11-8-15)34-21-12-9-17(14-25-21)28(32)33/h3-14H,2H2,1H3,(H,26,29,31)/b19-13+. The number of benzene rings is 2. The molecule has 4 rings (SSSR count). The van der Waals surface area contributed by atoms with Crippen molar-refractivity contribution in [1.29, 1.82) is 0 Å². The quantitative estimate of drug-likeness (QED) is 0.255. The molecule has 1 fully saturated rings. The molecule has 34 heavy (non-hydrogen) atoms. The molecule has 0 saturated carbocycles. The van der Waals surface area contributed by atoms with Crippen LogP contribution in [-0.2, 0) is 16.0 Å². The van der Waals surface area contributed by atoms with E-state index in [4.69, 9.17) is 4.74 Å². The van der Waals surface area contributed by atoms with Gasteiger partial charge < -0.3 is 4.74 Å². The normalized spacial score (nSPS) is 14.8. The van der Waals surface area contributed by atoms with Crippen molar-refractivity contribution in [3.8, 4) is 11.6 Å². The number of carbonyl (C=O) groups is 3. The van der Waals surface area contributed by atoms with E-state index in [1.807, 2.05) is 19.1 Å². The lowest BCUT2D eigenvalue weighted by molar-refractivity contribution is -0.385. The molecule has 1 aromatic heterocycles. The lowest BCUT2D eigenvalue weighted by Crippen LogP contribution is -2.54. The van der Waals surface area contributed by atoms with Gasteiger partial charge in [0.1, 0.15) is 17.5 Å². The Labute approximate surface area is 193 Å². The van der Waals surface area contributed by atoms with Crippen molar-refractivity contribution < 1.29 is 24.0 Å². The number of amides is 4. The molecule has 0 bridgehead atoms. The van der Waals surface area contributed by atoms with E-state index in [-0.39, 0.29) is 17.1 Å². The third kappa shape index (κ3) is 4.51. The fraction of sp³-hybridized carbons (Fsp3) is 0.0833. The first kappa shape index (κ1) is 22.3. The predicted octanol–water partition coefficient (Wildman–Crippen LogP) is 4.01. The number of aromatic nitrogens is 1. The number of para-hydroxylation sites is 1. The van der Waals surface area contributed by atoms with Gasteiger partial charge in [-0.3, -0.25) is 25.0 Å². The highest BCUT2D eigenvalue weighted by molar-refractivity contribution is 6.39. The van der Waals surface area contributed by atoms with Gasteiger partial charge in [-0.05, 0) is 41.8 Å². The highest BCUT2D eigenvalue weighted by Gasteiger charge is 2.37. The van der Waals surface area contributed by atoms with Gasteiger partial charge in [-0.2, -0.15) is 0 Å². The Morgan fingerprint density at radius 1 is 1.06 bits per heavy atom. The van der Waals surface area contributed by atoms with Gasteiger partial charge in [0.25, 0.3) is 17.5 Å². The van der Waals surface area contributed by atoms with E-state index in [1.165, 1.54) is 18.2 Å². The summed E-state index contributed by atoms with van der Waals surface area (Å²) in [7, 11) is 0. The number of hydrogen-bond acceptors (Lipinski definition) is 7. The molecule has 1 aliphatic rings. The largest absolute Gasteiger partial charge is 0.439 e. The molecule has 4 amide bonds. The minimum atomic E-state index is -0.799. The van der Waals surface area contributed by atoms with Crippen LogP contribution in [0.15, 0.2) is 72.4 Å². The summed E-state index contributed by atoms with van der Waals surface area (Å²) in [4.78, 5) is 52.9. The molecule has 0 unspecified atom stereocenters. The molecule has 0 aliphatic carbocycles. The number of urea groups is 1. The van der Waals surface area contributed by atoms with Crippen molar-refractivity contribution in [2.24, 2.45) is 0 Å². The summed E-state index contributed by atoms with van der Waals surface area (Å²) in [5.74, 6) is -0.931. The number of nitrogens with zero attached hydrogens (tertiary/aromatic N) is 3. The molecule has 10 nitrogen and oxygen atoms in total. The Hall–Kier alpha value is -4.86. The number of ether oxygens (including phenoxy) is 1. The van der Waals surface area contributed by atoms with Gasteiger partial charge in [0.15, 0.2) is 0 Å². The molecule has 10 heteroatoms. The SMILES string of the molecule is CCc1ccccc1N1C(=O)NC(=O)/C(=C\c2ccc(Oc3ccc([N+](=O)[O-])cn3)cc2)C1=O. The topological polar surface area (TPSA) is 132 Å². The van der Waals surface area contributed by atoms with Crippen LogP contribution in [-0.4, -0.2) is 27.8 Å². The van der Waals surface area contributed by atoms with E-state index >= 15 is 0 Å². The summed E-state index contributed by atoms with van der Waals surface area (Å²) in [5, 5.41) is 12.9. The minimum Gasteiger partial charge on any atom is -0.439 e. The van der Waals surface area contributed by atoms with E-state index in [9.17, 15) is 24.5 Å². The van der Waals surface area contributed by atoms with Gasteiger partial charge in [0, 0.05) is 12.1 Å². The van der Waals surface area contributed by atoms with Crippen LogP contribution in [0.4, 0.5) is 16.2 Å². The molecule has 0 radical (unpaired) electrons. The zero-order valence-electron chi connectivity index (χ0n) is 17.9. The highest BCUT2D eigenvalue weighted by atomic mass is 16.6. The number of carbonyl (C=O) groups excluding carboxylic acids is 3. The number of aryl methyl sites for hydroxylation is 1. The first-order valence-electron chi connectivity index (χ1n) is 10.2. The second kappa shape index (κ2) is 9.33. The number of anilines is 1. The molecular formula is C24H18N4O6. The van der Waals surface area contributed by atoms with E-state index in [0.717, 1.165) is 16.7 Å². The summed E-state index contributed by atoms with van der Waals surface area (Å²) >= 11 is 0. The van der Waals surface area contributed by atoms with Crippen LogP contribution in [0.2, 0.25) is 0 Å². The van der Waals surface area contributed by atoms with Gasteiger partial charge in [-0.1, -0.05) is 37.3 Å². The van der Waals surface area contributed by atoms with Crippen LogP contribution in [0.3, 0.4) is 0 Å². The Kier molecular flexibility index (Phi) is 6.13. The van der Waals surface area contributed by atoms with Gasteiger partial charge >= 0.3 is 6.03 Å². The Morgan fingerprint density at radius 3 is 2.44 bits per heavy atom. The van der Waals surface area contributed by atoms with Crippen LogP contribution in [0.25, 0.3) is 6.08 Å². The average molecular weight is 458 g/mol. The summed E-state index contributed by atoms with van der Waals surface area (Å²) in [6.45, 7) is 1.91. The van der Waals surface area contributed by atoms with Gasteiger partial charge in [0.2, 0.25) is 5.88 Å². The van der Waals surface area contributed by atoms with Crippen molar-refractivity contribution >= 4 is 35.3 Å². The van der Waals surface area contributed by atoms with Crippen molar-refractivity contribution in [2.75, 3.05) is 4.90 Å². The van der Waals surface area contributed by atoms with Crippen LogP contribution in [0, 0.1) is 10.1 Å². The predicted molar refractivity (Wildman–Crippen MR) is 122 cm³/mol. The van der Waals surface area contributed by atoms with Crippen molar-refractivity contribution in [2.45, 2.75) is 13.3 Å². The van der Waals surface area contributed by atoms with E-state index in [2.05, 4.69) is 10.3 Å². The number of nitro groups is 1. The maximum atomic E-state index is 13.1. The third-order valence-electron chi connectivity index (χ3n) is 5.06. The van der Waals surface area contributed by atoms with Gasteiger partial charge in [-0.15, -0.1) is 0 Å². The highest BCUT2D eigenvalue weighted by Crippen LogP contribution is 2.27. The first-order chi connectivity index (χ1) is 16.4. The number of rotatable bonds is 6. The Bertz CT molecular complexity index is 1320. The van der Waals surface area contributed by atoms with E-state index in [1.54, 1.807) is 36.4 Å². The molecular weight excluding hydrogens is 440 g/mol. The molecule has 1 N–H and O–H groups in total. The summed E-state index contributed by atoms with van der Waals surface area (Å²) in [5.41, 5.74) is 1.40. The van der Waals surface area contributed by atoms with E-state index < -0.39 is 22.8 Å². The van der Waals surface area contributed by atoms with Gasteiger partial charge in [0.05, 0.1) is 10.6 Å². The number of imide groups is 2. The number of barbiturate groups is 1. The summed E-state index contributed by atoms with van der Waals surface area (Å²) < 4.78 is 5.56. The monoisotopic (exact) mass is 458 g/mol. The molecule has 1 saturated heterocycles. The summed E-state index contributed by atoms with van der Waals surface area (Å²) in [6.07, 6.45) is 3.08. The Morgan fingerprint density at radius 2 is 1.79 bits per heavy atom. The number of pyridine rings is 1. The second-order valence-electron chi connectivity index (χ2n) is 7.22. The fourth-order valence-electron chi connectivity index (χ4n) is 3.36. The minimum absolute atomic E-state index is 0.154. The zero-order valence-corrected chi connectivity index (χ0v) is 17.9. The smallest absolute Gasteiger partial charge is 0.335 e. The second-order valence-corrected chi connectivity index (χ2v) is 7.22. The number of hydrogen-bond donors (Lipinski definition) is 1. The van der Waals surface area contributed by atoms with E-state index in [0.29, 0.717) is 23.4 Å². The lowest BCUT2D eigenvalue weighted by atomic mass is 10.0. The molecule has 3 aromatic rings. The molecule has 1 aliphatic heterocycles. The van der Waals surface area contributed by atoms with Crippen molar-refractivity contribution in [3.05, 3.63) is 93.7 Å². The average Bonchev–Trinajstić information content (AvgIpc) is 2.83. The van der Waals surface area contributed by atoms with Crippen molar-refractivity contribution in [3.63, 3.8) is 0 Å². The molecule has 2 aromatic carbocycles. The van der Waals surface area contributed by atoms with Crippen LogP contribution < -0.4 is 15.0 Å². The van der Waals surface area contributed by atoms with Crippen LogP contribution in [0.1, 0.15) is 18.1 Å².